The Balaban J connectivity index is 2.16. The van der Waals surface area contributed by atoms with Gasteiger partial charge in [0.05, 0.1) is 0 Å². The van der Waals surface area contributed by atoms with Crippen molar-refractivity contribution in [2.45, 2.75) is 0 Å². The van der Waals surface area contributed by atoms with Crippen LogP contribution >= 0.6 is 0 Å². The van der Waals surface area contributed by atoms with E-state index in [1.807, 2.05) is 54.6 Å². The van der Waals surface area contributed by atoms with Gasteiger partial charge in [0.25, 0.3) is 0 Å². The molecule has 2 aromatic rings. The van der Waals surface area contributed by atoms with Crippen LogP contribution < -0.4 is 4.74 Å². The molecule has 17 heavy (non-hydrogen) atoms. The Morgan fingerprint density at radius 1 is 0.882 bits per heavy atom. The van der Waals surface area contributed by atoms with Gasteiger partial charge in [0.15, 0.2) is 0 Å². The second kappa shape index (κ2) is 5.66. The van der Waals surface area contributed by atoms with Crippen LogP contribution in [0.1, 0.15) is 5.56 Å². The van der Waals surface area contributed by atoms with E-state index in [1.54, 1.807) is 6.08 Å². The minimum atomic E-state index is 0.754. The average Bonchev–Trinajstić information content (AvgIpc) is 2.38. The number of carbonyl (C=O) groups excluding carboxylic acids is 1. The summed E-state index contributed by atoms with van der Waals surface area (Å²) in [6.07, 6.45) is 3.96. The third kappa shape index (κ3) is 3.31. The van der Waals surface area contributed by atoms with Crippen molar-refractivity contribution < 1.29 is 9.53 Å². The Labute approximate surface area is 100 Å². The molecule has 0 radical (unpaired) electrons. The lowest BCUT2D eigenvalue weighted by molar-refractivity contribution is -0.104. The second-order valence-corrected chi connectivity index (χ2v) is 3.48. The normalized spacial score (nSPS) is 10.4. The molecule has 0 heterocycles. The smallest absolute Gasteiger partial charge is 0.142 e. The molecule has 0 bridgehead atoms. The van der Waals surface area contributed by atoms with Crippen molar-refractivity contribution in [1.82, 2.24) is 0 Å². The quantitative estimate of drug-likeness (QED) is 0.584. The summed E-state index contributed by atoms with van der Waals surface area (Å²) in [6, 6.07) is 17.1. The molecule has 0 amide bonds. The van der Waals surface area contributed by atoms with Gasteiger partial charge in [-0.15, -0.1) is 0 Å². The first-order valence-electron chi connectivity index (χ1n) is 5.33. The molecule has 0 aliphatic rings. The van der Waals surface area contributed by atoms with E-state index in [1.165, 1.54) is 6.08 Å². The van der Waals surface area contributed by atoms with Crippen molar-refractivity contribution in [2.24, 2.45) is 0 Å². The highest BCUT2D eigenvalue weighted by Crippen LogP contribution is 2.22. The molecule has 0 fully saturated rings. The standard InChI is InChI=1S/C15H12O2/c16-11-5-7-13-6-4-10-15(12-13)17-14-8-2-1-3-9-14/h1-12H/b7-5+. The van der Waals surface area contributed by atoms with E-state index < -0.39 is 0 Å². The predicted molar refractivity (Wildman–Crippen MR) is 68.1 cm³/mol. The number of hydrogen-bond acceptors (Lipinski definition) is 2. The summed E-state index contributed by atoms with van der Waals surface area (Å²) < 4.78 is 5.68. The zero-order valence-corrected chi connectivity index (χ0v) is 9.24. The van der Waals surface area contributed by atoms with Crippen LogP contribution in [0, 0.1) is 0 Å². The Morgan fingerprint density at radius 2 is 1.65 bits per heavy atom. The predicted octanol–water partition coefficient (Wildman–Crippen LogP) is 3.69. The summed E-state index contributed by atoms with van der Waals surface area (Å²) in [5.41, 5.74) is 0.936. The molecule has 0 unspecified atom stereocenters. The molecule has 0 saturated heterocycles. The molecular formula is C15H12O2. The first kappa shape index (κ1) is 11.1. The third-order valence-corrected chi connectivity index (χ3v) is 2.20. The molecular weight excluding hydrogens is 212 g/mol. The van der Waals surface area contributed by atoms with Gasteiger partial charge in [-0.2, -0.15) is 0 Å². The lowest BCUT2D eigenvalue weighted by Gasteiger charge is -2.05. The molecule has 2 heteroatoms. The van der Waals surface area contributed by atoms with Crippen molar-refractivity contribution in [3.8, 4) is 11.5 Å². The summed E-state index contributed by atoms with van der Waals surface area (Å²) in [4.78, 5) is 10.2. The number of para-hydroxylation sites is 1. The van der Waals surface area contributed by atoms with Gasteiger partial charge in [0.1, 0.15) is 17.8 Å². The van der Waals surface area contributed by atoms with E-state index in [2.05, 4.69) is 0 Å². The minimum Gasteiger partial charge on any atom is -0.457 e. The zero-order chi connectivity index (χ0) is 11.9. The molecule has 0 aliphatic heterocycles. The number of carbonyl (C=O) groups is 1. The molecule has 0 aliphatic carbocycles. The van der Waals surface area contributed by atoms with Crippen molar-refractivity contribution in [3.63, 3.8) is 0 Å². The van der Waals surface area contributed by atoms with Gasteiger partial charge in [0, 0.05) is 0 Å². The maximum absolute atomic E-state index is 10.2. The van der Waals surface area contributed by atoms with Crippen LogP contribution in [0.25, 0.3) is 6.08 Å². The lowest BCUT2D eigenvalue weighted by atomic mass is 10.2. The largest absolute Gasteiger partial charge is 0.457 e. The second-order valence-electron chi connectivity index (χ2n) is 3.48. The molecule has 0 saturated carbocycles. The maximum Gasteiger partial charge on any atom is 0.142 e. The fourth-order valence-electron chi connectivity index (χ4n) is 1.46. The molecule has 2 nitrogen and oxygen atoms in total. The van der Waals surface area contributed by atoms with Gasteiger partial charge in [-0.3, -0.25) is 4.79 Å². The van der Waals surface area contributed by atoms with E-state index in [-0.39, 0.29) is 0 Å². The van der Waals surface area contributed by atoms with Crippen molar-refractivity contribution in [2.75, 3.05) is 0 Å². The Morgan fingerprint density at radius 3 is 2.41 bits per heavy atom. The van der Waals surface area contributed by atoms with Gasteiger partial charge < -0.3 is 4.74 Å². The number of aldehydes is 1. The van der Waals surface area contributed by atoms with E-state index in [0.29, 0.717) is 0 Å². The molecule has 2 aromatic carbocycles. The maximum atomic E-state index is 10.2. The van der Waals surface area contributed by atoms with E-state index in [4.69, 9.17) is 4.74 Å². The highest BCUT2D eigenvalue weighted by atomic mass is 16.5. The summed E-state index contributed by atoms with van der Waals surface area (Å²) in [7, 11) is 0. The minimum absolute atomic E-state index is 0.754. The van der Waals surface area contributed by atoms with Gasteiger partial charge >= 0.3 is 0 Å². The third-order valence-electron chi connectivity index (χ3n) is 2.20. The molecule has 0 atom stereocenters. The SMILES string of the molecule is O=C/C=C/c1cccc(Oc2ccccc2)c1. The van der Waals surface area contributed by atoms with Crippen LogP contribution in [-0.2, 0) is 4.79 Å². The highest BCUT2D eigenvalue weighted by Gasteiger charge is 1.96. The molecule has 0 spiro atoms. The number of allylic oxidation sites excluding steroid dienone is 1. The topological polar surface area (TPSA) is 26.3 Å². The summed E-state index contributed by atoms with van der Waals surface area (Å²) >= 11 is 0. The van der Waals surface area contributed by atoms with Gasteiger partial charge in [0.2, 0.25) is 0 Å². The Hall–Kier alpha value is -2.35. The Bertz CT molecular complexity index is 515. The summed E-state index contributed by atoms with van der Waals surface area (Å²) in [5.74, 6) is 1.55. The van der Waals surface area contributed by atoms with Crippen LogP contribution in [0.2, 0.25) is 0 Å². The zero-order valence-electron chi connectivity index (χ0n) is 9.24. The average molecular weight is 224 g/mol. The van der Waals surface area contributed by atoms with Gasteiger partial charge in [-0.25, -0.2) is 0 Å². The fraction of sp³-hybridized carbons (Fsp3) is 0. The number of benzene rings is 2. The lowest BCUT2D eigenvalue weighted by Crippen LogP contribution is -1.83. The molecule has 84 valence electrons. The van der Waals surface area contributed by atoms with Crippen LogP contribution in [0.3, 0.4) is 0 Å². The van der Waals surface area contributed by atoms with Crippen LogP contribution in [0.5, 0.6) is 11.5 Å². The summed E-state index contributed by atoms with van der Waals surface area (Å²) in [5, 5.41) is 0. The van der Waals surface area contributed by atoms with Crippen LogP contribution in [0.15, 0.2) is 60.7 Å². The van der Waals surface area contributed by atoms with Crippen molar-refractivity contribution >= 4 is 12.4 Å². The number of ether oxygens (including phenoxy) is 1. The molecule has 2 rings (SSSR count). The van der Waals surface area contributed by atoms with Crippen LogP contribution in [-0.4, -0.2) is 6.29 Å². The van der Waals surface area contributed by atoms with Crippen molar-refractivity contribution in [3.05, 3.63) is 66.2 Å². The fourth-order valence-corrected chi connectivity index (χ4v) is 1.46. The van der Waals surface area contributed by atoms with Crippen molar-refractivity contribution in [1.29, 1.82) is 0 Å². The summed E-state index contributed by atoms with van der Waals surface area (Å²) in [6.45, 7) is 0. The first-order chi connectivity index (χ1) is 8.38. The van der Waals surface area contributed by atoms with E-state index in [9.17, 15) is 4.79 Å². The molecule has 0 N–H and O–H groups in total. The van der Waals surface area contributed by atoms with E-state index >= 15 is 0 Å². The van der Waals surface area contributed by atoms with Gasteiger partial charge in [-0.05, 0) is 35.9 Å². The van der Waals surface area contributed by atoms with Crippen LogP contribution in [0.4, 0.5) is 0 Å². The first-order valence-corrected chi connectivity index (χ1v) is 5.33. The number of hydrogen-bond donors (Lipinski definition) is 0. The Kier molecular flexibility index (Phi) is 3.71. The monoisotopic (exact) mass is 224 g/mol. The number of rotatable bonds is 4. The highest BCUT2D eigenvalue weighted by molar-refractivity contribution is 5.74. The molecule has 0 aromatic heterocycles. The van der Waals surface area contributed by atoms with E-state index in [0.717, 1.165) is 23.3 Å². The van der Waals surface area contributed by atoms with Gasteiger partial charge in [-0.1, -0.05) is 36.4 Å².